The smallest absolute Gasteiger partial charge is 0.0369 e. The summed E-state index contributed by atoms with van der Waals surface area (Å²) in [6.07, 6.45) is 5.19. The van der Waals surface area contributed by atoms with Crippen molar-refractivity contribution in [2.45, 2.75) is 45.1 Å². The van der Waals surface area contributed by atoms with Gasteiger partial charge in [0.15, 0.2) is 0 Å². The molecule has 2 nitrogen and oxygen atoms in total. The molecule has 0 amide bonds. The summed E-state index contributed by atoms with van der Waals surface area (Å²) in [7, 11) is 0. The van der Waals surface area contributed by atoms with Crippen LogP contribution >= 0.6 is 0 Å². The number of anilines is 1. The Labute approximate surface area is 117 Å². The second-order valence-corrected chi connectivity index (χ2v) is 6.42. The number of hydrogen-bond acceptors (Lipinski definition) is 2. The summed E-state index contributed by atoms with van der Waals surface area (Å²) in [5.74, 6) is 0.891. The first-order chi connectivity index (χ1) is 9.21. The predicted octanol–water partition coefficient (Wildman–Crippen LogP) is 3.22. The van der Waals surface area contributed by atoms with Gasteiger partial charge in [0.25, 0.3) is 0 Å². The molecule has 1 N–H and O–H groups in total. The van der Waals surface area contributed by atoms with Crippen molar-refractivity contribution in [3.8, 4) is 0 Å². The number of rotatable bonds is 3. The third kappa shape index (κ3) is 2.79. The molecule has 1 atom stereocenters. The van der Waals surface area contributed by atoms with Crippen LogP contribution in [0.4, 0.5) is 5.69 Å². The molecule has 0 aromatic heterocycles. The molecule has 0 bridgehead atoms. The monoisotopic (exact) mass is 258 g/mol. The van der Waals surface area contributed by atoms with Crippen molar-refractivity contribution in [2.24, 2.45) is 5.92 Å². The summed E-state index contributed by atoms with van der Waals surface area (Å²) in [6, 6.07) is 9.09. The average molecular weight is 258 g/mol. The van der Waals surface area contributed by atoms with Gasteiger partial charge in [-0.05, 0) is 62.8 Å². The zero-order valence-electron chi connectivity index (χ0n) is 12.3. The van der Waals surface area contributed by atoms with Gasteiger partial charge in [0, 0.05) is 24.3 Å². The van der Waals surface area contributed by atoms with Crippen molar-refractivity contribution in [1.82, 2.24) is 5.32 Å². The molecule has 1 heterocycles. The summed E-state index contributed by atoms with van der Waals surface area (Å²) >= 11 is 0. The van der Waals surface area contributed by atoms with Crippen LogP contribution in [0.5, 0.6) is 0 Å². The highest BCUT2D eigenvalue weighted by molar-refractivity contribution is 5.49. The quantitative estimate of drug-likeness (QED) is 0.895. The van der Waals surface area contributed by atoms with Crippen molar-refractivity contribution in [3.05, 3.63) is 29.8 Å². The predicted molar refractivity (Wildman–Crippen MR) is 81.8 cm³/mol. The summed E-state index contributed by atoms with van der Waals surface area (Å²) in [4.78, 5) is 2.59. The van der Waals surface area contributed by atoms with Gasteiger partial charge in [0.2, 0.25) is 0 Å². The molecule has 3 rings (SSSR count). The Morgan fingerprint density at radius 2 is 2.21 bits per heavy atom. The van der Waals surface area contributed by atoms with Crippen molar-refractivity contribution in [1.29, 1.82) is 0 Å². The maximum atomic E-state index is 3.81. The number of aryl methyl sites for hydroxylation is 1. The zero-order valence-corrected chi connectivity index (χ0v) is 12.3. The summed E-state index contributed by atoms with van der Waals surface area (Å²) in [5, 5.41) is 3.81. The summed E-state index contributed by atoms with van der Waals surface area (Å²) in [5.41, 5.74) is 3.18. The summed E-state index contributed by atoms with van der Waals surface area (Å²) in [6.45, 7) is 8.16. The average Bonchev–Trinajstić information content (AvgIpc) is 3.26. The fourth-order valence-corrected chi connectivity index (χ4v) is 3.36. The Balaban J connectivity index is 1.81. The molecule has 1 unspecified atom stereocenters. The molecule has 1 aromatic rings. The van der Waals surface area contributed by atoms with Gasteiger partial charge in [-0.25, -0.2) is 0 Å². The van der Waals surface area contributed by atoms with Gasteiger partial charge in [0.05, 0.1) is 0 Å². The molecule has 1 saturated carbocycles. The number of nitrogens with one attached hydrogen (secondary N) is 1. The van der Waals surface area contributed by atoms with Crippen molar-refractivity contribution < 1.29 is 0 Å². The van der Waals surface area contributed by atoms with E-state index in [1.807, 2.05) is 0 Å². The maximum Gasteiger partial charge on any atom is 0.0369 e. The van der Waals surface area contributed by atoms with Crippen LogP contribution in [-0.2, 0) is 6.42 Å². The first-order valence-corrected chi connectivity index (χ1v) is 7.80. The Morgan fingerprint density at radius 1 is 1.37 bits per heavy atom. The third-order valence-electron chi connectivity index (χ3n) is 4.82. The van der Waals surface area contributed by atoms with Crippen molar-refractivity contribution >= 4 is 5.69 Å². The molecule has 1 aromatic carbocycles. The minimum atomic E-state index is 0.318. The maximum absolute atomic E-state index is 3.81. The molecule has 1 saturated heterocycles. The minimum Gasteiger partial charge on any atom is -0.370 e. The zero-order chi connectivity index (χ0) is 13.3. The molecule has 2 heteroatoms. The van der Waals surface area contributed by atoms with Gasteiger partial charge in [-0.2, -0.15) is 0 Å². The molecule has 19 heavy (non-hydrogen) atoms. The Hall–Kier alpha value is -1.02. The second-order valence-electron chi connectivity index (χ2n) is 6.42. The highest BCUT2D eigenvalue weighted by atomic mass is 15.2. The first-order valence-electron chi connectivity index (χ1n) is 7.80. The van der Waals surface area contributed by atoms with Crippen molar-refractivity contribution in [2.75, 3.05) is 24.5 Å². The van der Waals surface area contributed by atoms with Gasteiger partial charge in [-0.3, -0.25) is 0 Å². The first kappa shape index (κ1) is 13.0. The van der Waals surface area contributed by atoms with Crippen LogP contribution < -0.4 is 10.2 Å². The van der Waals surface area contributed by atoms with Crippen LogP contribution in [0.15, 0.2) is 24.3 Å². The minimum absolute atomic E-state index is 0.318. The van der Waals surface area contributed by atoms with Gasteiger partial charge < -0.3 is 10.2 Å². The molecule has 104 valence electrons. The fraction of sp³-hybridized carbons (Fsp3) is 0.647. The normalized spacial score (nSPS) is 28.2. The van der Waals surface area contributed by atoms with Crippen LogP contribution in [0.25, 0.3) is 0 Å². The lowest BCUT2D eigenvalue weighted by molar-refractivity contribution is 0.331. The highest BCUT2D eigenvalue weighted by Crippen LogP contribution is 2.41. The van der Waals surface area contributed by atoms with Crippen LogP contribution in [-0.4, -0.2) is 25.2 Å². The lowest BCUT2D eigenvalue weighted by Gasteiger charge is -2.35. The molecule has 0 radical (unpaired) electrons. The second kappa shape index (κ2) is 5.16. The highest BCUT2D eigenvalue weighted by Gasteiger charge is 2.43. The number of nitrogens with zero attached hydrogens (tertiary/aromatic N) is 1. The largest absolute Gasteiger partial charge is 0.370 e. The van der Waals surface area contributed by atoms with E-state index < -0.39 is 0 Å². The lowest BCUT2D eigenvalue weighted by atomic mass is 9.95. The van der Waals surface area contributed by atoms with Gasteiger partial charge in [-0.15, -0.1) is 0 Å². The van der Waals surface area contributed by atoms with Gasteiger partial charge >= 0.3 is 0 Å². The molecule has 1 aliphatic heterocycles. The van der Waals surface area contributed by atoms with E-state index in [1.54, 1.807) is 0 Å². The van der Waals surface area contributed by atoms with E-state index >= 15 is 0 Å². The molecule has 2 aliphatic rings. The molecule has 1 aliphatic carbocycles. The fourth-order valence-electron chi connectivity index (χ4n) is 3.36. The van der Waals surface area contributed by atoms with Crippen LogP contribution in [0.3, 0.4) is 0 Å². The Morgan fingerprint density at radius 3 is 2.95 bits per heavy atom. The Kier molecular flexibility index (Phi) is 3.53. The van der Waals surface area contributed by atoms with E-state index in [2.05, 4.69) is 48.3 Å². The third-order valence-corrected chi connectivity index (χ3v) is 4.82. The Bertz CT molecular complexity index is 439. The topological polar surface area (TPSA) is 15.3 Å². The lowest BCUT2D eigenvalue weighted by Crippen LogP contribution is -2.51. The van der Waals surface area contributed by atoms with Gasteiger partial charge in [-0.1, -0.05) is 19.1 Å². The van der Waals surface area contributed by atoms with Gasteiger partial charge in [0.1, 0.15) is 0 Å². The van der Waals surface area contributed by atoms with Crippen molar-refractivity contribution in [3.63, 3.8) is 0 Å². The molecular weight excluding hydrogens is 232 g/mol. The SMILES string of the molecule is CCc1cccc(N2CCCNC(C)(C3CC3)C2)c1. The van der Waals surface area contributed by atoms with Crippen LogP contribution in [0.1, 0.15) is 38.7 Å². The van der Waals surface area contributed by atoms with E-state index in [0.717, 1.165) is 25.4 Å². The number of benzene rings is 1. The van der Waals surface area contributed by atoms with E-state index in [1.165, 1.54) is 37.1 Å². The van der Waals surface area contributed by atoms with Crippen LogP contribution in [0, 0.1) is 5.92 Å². The van der Waals surface area contributed by atoms with E-state index in [4.69, 9.17) is 0 Å². The van der Waals surface area contributed by atoms with E-state index in [0.29, 0.717) is 5.54 Å². The summed E-state index contributed by atoms with van der Waals surface area (Å²) < 4.78 is 0. The number of hydrogen-bond donors (Lipinski definition) is 1. The van der Waals surface area contributed by atoms with Crippen LogP contribution in [0.2, 0.25) is 0 Å². The molecular formula is C17H26N2. The van der Waals surface area contributed by atoms with E-state index in [9.17, 15) is 0 Å². The van der Waals surface area contributed by atoms with E-state index in [-0.39, 0.29) is 0 Å². The molecule has 0 spiro atoms. The standard InChI is InChI=1S/C17H26N2/c1-3-14-6-4-7-16(12-14)19-11-5-10-18-17(2,13-19)15-8-9-15/h4,6-7,12,15,18H,3,5,8-11,13H2,1-2H3. The molecule has 2 fully saturated rings.